The highest BCUT2D eigenvalue weighted by atomic mass is 79.9. The number of carbonyl (C=O) groups excluding carboxylic acids is 2. The van der Waals surface area contributed by atoms with Gasteiger partial charge >= 0.3 is 0 Å². The summed E-state index contributed by atoms with van der Waals surface area (Å²) in [6.45, 7) is 2.22. The van der Waals surface area contributed by atoms with Crippen LogP contribution in [0.5, 0.6) is 0 Å². The maximum Gasteiger partial charge on any atom is 0.251 e. The van der Waals surface area contributed by atoms with Gasteiger partial charge < -0.3 is 10.6 Å². The molecule has 1 aliphatic carbocycles. The molecule has 1 aromatic carbocycles. The first-order chi connectivity index (χ1) is 11.1. The molecular weight excluding hydrogens is 356 g/mol. The van der Waals surface area contributed by atoms with Gasteiger partial charge in [-0.05, 0) is 43.4 Å². The van der Waals surface area contributed by atoms with E-state index in [1.54, 1.807) is 18.2 Å². The number of hydrogen-bond donors (Lipinski definition) is 2. The summed E-state index contributed by atoms with van der Waals surface area (Å²) in [5.41, 5.74) is 0.550. The minimum atomic E-state index is -0.226. The number of halogens is 1. The van der Waals surface area contributed by atoms with E-state index in [0.29, 0.717) is 11.5 Å². The standard InChI is InChI=1S/C18H25BrN2O2/c1-2-3-6-13-7-5-10-16(13)21-17(22)12-20-18(23)14-8-4-9-15(19)11-14/h4,8-9,11,13,16H,2-3,5-7,10,12H2,1H3,(H,20,23)(H,21,22). The predicted molar refractivity (Wildman–Crippen MR) is 95.3 cm³/mol. The first-order valence-corrected chi connectivity index (χ1v) is 9.22. The van der Waals surface area contributed by atoms with Crippen LogP contribution >= 0.6 is 15.9 Å². The number of benzene rings is 1. The SMILES string of the molecule is CCCCC1CCCC1NC(=O)CNC(=O)c1cccc(Br)c1. The van der Waals surface area contributed by atoms with Crippen molar-refractivity contribution in [3.8, 4) is 0 Å². The lowest BCUT2D eigenvalue weighted by Gasteiger charge is -2.21. The second kappa shape index (κ2) is 9.06. The molecule has 2 rings (SSSR count). The van der Waals surface area contributed by atoms with Crippen molar-refractivity contribution in [2.75, 3.05) is 6.54 Å². The number of unbranched alkanes of at least 4 members (excludes halogenated alkanes) is 1. The van der Waals surface area contributed by atoms with E-state index in [0.717, 1.165) is 10.9 Å². The smallest absolute Gasteiger partial charge is 0.251 e. The summed E-state index contributed by atoms with van der Waals surface area (Å²) in [5, 5.41) is 5.78. The van der Waals surface area contributed by atoms with E-state index >= 15 is 0 Å². The summed E-state index contributed by atoms with van der Waals surface area (Å²) < 4.78 is 0.847. The van der Waals surface area contributed by atoms with Crippen LogP contribution in [0.2, 0.25) is 0 Å². The fraction of sp³-hybridized carbons (Fsp3) is 0.556. The largest absolute Gasteiger partial charge is 0.352 e. The molecule has 0 aliphatic heterocycles. The Bertz CT molecular complexity index is 548. The van der Waals surface area contributed by atoms with Crippen LogP contribution in [0.4, 0.5) is 0 Å². The monoisotopic (exact) mass is 380 g/mol. The molecule has 0 radical (unpaired) electrons. The number of hydrogen-bond acceptors (Lipinski definition) is 2. The minimum Gasteiger partial charge on any atom is -0.352 e. The molecule has 1 aliphatic rings. The van der Waals surface area contributed by atoms with Crippen molar-refractivity contribution in [1.82, 2.24) is 10.6 Å². The van der Waals surface area contributed by atoms with Gasteiger partial charge in [-0.2, -0.15) is 0 Å². The zero-order chi connectivity index (χ0) is 16.7. The highest BCUT2D eigenvalue weighted by Gasteiger charge is 2.27. The Morgan fingerprint density at radius 3 is 2.87 bits per heavy atom. The Labute approximate surface area is 146 Å². The van der Waals surface area contributed by atoms with Crippen LogP contribution in [0.25, 0.3) is 0 Å². The lowest BCUT2D eigenvalue weighted by Crippen LogP contribution is -2.43. The average molecular weight is 381 g/mol. The van der Waals surface area contributed by atoms with Crippen molar-refractivity contribution in [2.45, 2.75) is 51.5 Å². The van der Waals surface area contributed by atoms with E-state index < -0.39 is 0 Å². The van der Waals surface area contributed by atoms with Gasteiger partial charge in [0, 0.05) is 16.1 Å². The van der Waals surface area contributed by atoms with E-state index in [2.05, 4.69) is 33.5 Å². The lowest BCUT2D eigenvalue weighted by atomic mass is 9.97. The van der Waals surface area contributed by atoms with Crippen LogP contribution in [-0.2, 0) is 4.79 Å². The number of rotatable bonds is 7. The first kappa shape index (κ1) is 18.0. The van der Waals surface area contributed by atoms with Crippen LogP contribution in [0.15, 0.2) is 28.7 Å². The predicted octanol–water partition coefficient (Wildman–Crippen LogP) is 3.65. The number of nitrogens with one attached hydrogen (secondary N) is 2. The van der Waals surface area contributed by atoms with Gasteiger partial charge in [0.25, 0.3) is 5.91 Å². The summed E-state index contributed by atoms with van der Waals surface area (Å²) in [7, 11) is 0. The van der Waals surface area contributed by atoms with E-state index in [4.69, 9.17) is 0 Å². The van der Waals surface area contributed by atoms with Crippen molar-refractivity contribution < 1.29 is 9.59 Å². The number of amides is 2. The summed E-state index contributed by atoms with van der Waals surface area (Å²) in [4.78, 5) is 24.1. The molecule has 23 heavy (non-hydrogen) atoms. The van der Waals surface area contributed by atoms with Crippen molar-refractivity contribution in [3.63, 3.8) is 0 Å². The van der Waals surface area contributed by atoms with Crippen LogP contribution < -0.4 is 10.6 Å². The van der Waals surface area contributed by atoms with E-state index in [-0.39, 0.29) is 24.4 Å². The second-order valence-electron chi connectivity index (χ2n) is 6.20. The van der Waals surface area contributed by atoms with Crippen molar-refractivity contribution >= 4 is 27.7 Å². The minimum absolute atomic E-state index is 0.0301. The summed E-state index contributed by atoms with van der Waals surface area (Å²) in [6.07, 6.45) is 7.04. The Kier molecular flexibility index (Phi) is 7.09. The molecule has 0 spiro atoms. The van der Waals surface area contributed by atoms with Crippen molar-refractivity contribution in [1.29, 1.82) is 0 Å². The molecule has 2 atom stereocenters. The van der Waals surface area contributed by atoms with Gasteiger partial charge in [-0.15, -0.1) is 0 Å². The molecule has 1 aromatic rings. The maximum absolute atomic E-state index is 12.1. The molecule has 0 aromatic heterocycles. The molecule has 0 bridgehead atoms. The lowest BCUT2D eigenvalue weighted by molar-refractivity contribution is -0.121. The van der Waals surface area contributed by atoms with Gasteiger partial charge in [0.2, 0.25) is 5.91 Å². The van der Waals surface area contributed by atoms with Crippen molar-refractivity contribution in [2.24, 2.45) is 5.92 Å². The Morgan fingerprint density at radius 1 is 1.30 bits per heavy atom. The molecule has 2 N–H and O–H groups in total. The molecule has 0 saturated heterocycles. The van der Waals surface area contributed by atoms with Gasteiger partial charge in [0.05, 0.1) is 6.54 Å². The zero-order valence-corrected chi connectivity index (χ0v) is 15.2. The first-order valence-electron chi connectivity index (χ1n) is 8.43. The van der Waals surface area contributed by atoms with E-state index in [1.807, 2.05) is 6.07 Å². The summed E-state index contributed by atoms with van der Waals surface area (Å²) in [5.74, 6) is 0.275. The van der Waals surface area contributed by atoms with Crippen LogP contribution in [0.1, 0.15) is 55.8 Å². The van der Waals surface area contributed by atoms with Crippen LogP contribution in [0.3, 0.4) is 0 Å². The quantitative estimate of drug-likeness (QED) is 0.758. The van der Waals surface area contributed by atoms with Gasteiger partial charge in [0.1, 0.15) is 0 Å². The molecule has 2 unspecified atom stereocenters. The third-order valence-electron chi connectivity index (χ3n) is 4.43. The zero-order valence-electron chi connectivity index (χ0n) is 13.6. The third kappa shape index (κ3) is 5.65. The molecule has 0 heterocycles. The topological polar surface area (TPSA) is 58.2 Å². The van der Waals surface area contributed by atoms with Gasteiger partial charge in [-0.25, -0.2) is 0 Å². The molecule has 2 amide bonds. The Morgan fingerprint density at radius 2 is 2.13 bits per heavy atom. The second-order valence-corrected chi connectivity index (χ2v) is 7.12. The molecule has 126 valence electrons. The van der Waals surface area contributed by atoms with Gasteiger partial charge in [-0.3, -0.25) is 9.59 Å². The summed E-state index contributed by atoms with van der Waals surface area (Å²) >= 11 is 3.34. The molecule has 1 fully saturated rings. The average Bonchev–Trinajstić information content (AvgIpc) is 2.97. The van der Waals surface area contributed by atoms with E-state index in [9.17, 15) is 9.59 Å². The highest BCUT2D eigenvalue weighted by Crippen LogP contribution is 2.29. The summed E-state index contributed by atoms with van der Waals surface area (Å²) in [6, 6.07) is 7.41. The molecule has 5 heteroatoms. The highest BCUT2D eigenvalue weighted by molar-refractivity contribution is 9.10. The maximum atomic E-state index is 12.1. The fourth-order valence-corrected chi connectivity index (χ4v) is 3.59. The van der Waals surface area contributed by atoms with Crippen LogP contribution in [0, 0.1) is 5.92 Å². The molecule has 4 nitrogen and oxygen atoms in total. The van der Waals surface area contributed by atoms with Crippen LogP contribution in [-0.4, -0.2) is 24.4 Å². The fourth-order valence-electron chi connectivity index (χ4n) is 3.19. The molecular formula is C18H25BrN2O2. The Balaban J connectivity index is 1.77. The Hall–Kier alpha value is -1.36. The molecule has 1 saturated carbocycles. The van der Waals surface area contributed by atoms with E-state index in [1.165, 1.54) is 32.1 Å². The number of carbonyl (C=O) groups is 2. The van der Waals surface area contributed by atoms with Crippen molar-refractivity contribution in [3.05, 3.63) is 34.3 Å². The third-order valence-corrected chi connectivity index (χ3v) is 4.92. The van der Waals surface area contributed by atoms with Gasteiger partial charge in [0.15, 0.2) is 0 Å². The van der Waals surface area contributed by atoms with Gasteiger partial charge in [-0.1, -0.05) is 48.2 Å². The normalized spacial score (nSPS) is 20.3.